The Kier molecular flexibility index (Phi) is 9.19. The maximum Gasteiger partial charge on any atom is 0.216 e. The van der Waals surface area contributed by atoms with Crippen LogP contribution in [0.4, 0.5) is 0 Å². The molecule has 0 saturated carbocycles. The second kappa shape index (κ2) is 11.0. The van der Waals surface area contributed by atoms with E-state index in [9.17, 15) is 4.79 Å². The number of carbonyl (C=O) groups excluding carboxylic acids is 1. The van der Waals surface area contributed by atoms with Gasteiger partial charge in [0, 0.05) is 28.4 Å². The minimum absolute atomic E-state index is 0.165. The molecule has 1 aromatic carbocycles. The lowest BCUT2D eigenvalue weighted by molar-refractivity contribution is 0.103. The number of halogens is 1. The van der Waals surface area contributed by atoms with Crippen molar-refractivity contribution in [1.29, 1.82) is 0 Å². The van der Waals surface area contributed by atoms with Crippen molar-refractivity contribution in [1.82, 2.24) is 4.98 Å². The van der Waals surface area contributed by atoms with Gasteiger partial charge in [-0.1, -0.05) is 45.4 Å². The molecule has 0 aliphatic heterocycles. The van der Waals surface area contributed by atoms with Crippen LogP contribution < -0.4 is 4.74 Å². The van der Waals surface area contributed by atoms with Gasteiger partial charge in [0.25, 0.3) is 0 Å². The molecule has 0 spiro atoms. The van der Waals surface area contributed by atoms with Crippen LogP contribution >= 0.6 is 23.4 Å². The molecule has 0 amide bonds. The standard InChI is InChI=1S/C24H34ClNO3SSi/c1-8-17-10-12-20(26-23(17)28-5)22(27)18-11-13-21(19(25)16-18)30-15-9-14-29-31(6,7)24(2,3)4/h10-13,16H,8-9,14-15H2,1-7H3. The second-order valence-electron chi connectivity index (χ2n) is 9.00. The number of hydrogen-bond acceptors (Lipinski definition) is 5. The minimum atomic E-state index is -1.70. The summed E-state index contributed by atoms with van der Waals surface area (Å²) in [6.45, 7) is 14.1. The number of rotatable bonds is 10. The number of nitrogens with zero attached hydrogens (tertiary/aromatic N) is 1. The molecule has 0 bridgehead atoms. The zero-order chi connectivity index (χ0) is 23.2. The number of carbonyl (C=O) groups is 1. The van der Waals surface area contributed by atoms with Gasteiger partial charge in [0.2, 0.25) is 11.7 Å². The van der Waals surface area contributed by atoms with E-state index in [4.69, 9.17) is 20.8 Å². The SMILES string of the molecule is CCc1ccc(C(=O)c2ccc(SCCCO[Si](C)(C)C(C)(C)C)c(Cl)c2)nc1OC. The Morgan fingerprint density at radius 2 is 1.90 bits per heavy atom. The Bertz CT molecular complexity index is 912. The average Bonchev–Trinajstić information content (AvgIpc) is 2.72. The second-order valence-corrected chi connectivity index (χ2v) is 15.4. The molecule has 0 unspecified atom stereocenters. The molecule has 0 N–H and O–H groups in total. The van der Waals surface area contributed by atoms with Crippen LogP contribution in [-0.2, 0) is 10.8 Å². The van der Waals surface area contributed by atoms with Gasteiger partial charge in [0.1, 0.15) is 5.69 Å². The first-order valence-corrected chi connectivity index (χ1v) is 14.9. The average molecular weight is 480 g/mol. The molecule has 2 rings (SSSR count). The number of pyridine rings is 1. The third-order valence-corrected chi connectivity index (χ3v) is 11.9. The fraction of sp³-hybridized carbons (Fsp3) is 0.500. The van der Waals surface area contributed by atoms with Gasteiger partial charge in [-0.15, -0.1) is 11.8 Å². The van der Waals surface area contributed by atoms with E-state index >= 15 is 0 Å². The monoisotopic (exact) mass is 479 g/mol. The summed E-state index contributed by atoms with van der Waals surface area (Å²) >= 11 is 8.16. The van der Waals surface area contributed by atoms with Gasteiger partial charge in [-0.2, -0.15) is 0 Å². The molecule has 0 atom stereocenters. The van der Waals surface area contributed by atoms with Crippen LogP contribution in [0.2, 0.25) is 23.2 Å². The molecule has 7 heteroatoms. The van der Waals surface area contributed by atoms with Gasteiger partial charge in [0.15, 0.2) is 8.32 Å². The first kappa shape index (κ1) is 25.9. The van der Waals surface area contributed by atoms with E-state index in [2.05, 4.69) is 38.8 Å². The number of benzene rings is 1. The van der Waals surface area contributed by atoms with Crippen LogP contribution in [-0.4, -0.2) is 38.6 Å². The zero-order valence-corrected chi connectivity index (χ0v) is 22.2. The lowest BCUT2D eigenvalue weighted by Crippen LogP contribution is -2.41. The Hall–Kier alpha value is -1.34. The highest BCUT2D eigenvalue weighted by Gasteiger charge is 2.36. The van der Waals surface area contributed by atoms with Crippen molar-refractivity contribution >= 4 is 37.5 Å². The molecular weight excluding hydrogens is 446 g/mol. The van der Waals surface area contributed by atoms with Gasteiger partial charge < -0.3 is 9.16 Å². The number of aromatic nitrogens is 1. The molecule has 4 nitrogen and oxygen atoms in total. The smallest absolute Gasteiger partial charge is 0.216 e. The van der Waals surface area contributed by atoms with Crippen molar-refractivity contribution in [3.63, 3.8) is 0 Å². The molecule has 0 fully saturated rings. The van der Waals surface area contributed by atoms with Crippen molar-refractivity contribution in [2.75, 3.05) is 19.5 Å². The highest BCUT2D eigenvalue weighted by atomic mass is 35.5. The van der Waals surface area contributed by atoms with Crippen LogP contribution in [0.1, 0.15) is 55.7 Å². The summed E-state index contributed by atoms with van der Waals surface area (Å²) in [6.07, 6.45) is 1.75. The third kappa shape index (κ3) is 6.82. The molecular formula is C24H34ClNO3SSi. The van der Waals surface area contributed by atoms with Gasteiger partial charge >= 0.3 is 0 Å². The van der Waals surface area contributed by atoms with Gasteiger partial charge in [-0.05, 0) is 55.2 Å². The van der Waals surface area contributed by atoms with E-state index in [1.165, 1.54) is 0 Å². The molecule has 0 radical (unpaired) electrons. The molecule has 0 aliphatic carbocycles. The summed E-state index contributed by atoms with van der Waals surface area (Å²) in [5.74, 6) is 1.24. The van der Waals surface area contributed by atoms with E-state index in [0.717, 1.165) is 35.7 Å². The first-order chi connectivity index (χ1) is 14.5. The highest BCUT2D eigenvalue weighted by molar-refractivity contribution is 7.99. The number of hydrogen-bond donors (Lipinski definition) is 0. The van der Waals surface area contributed by atoms with E-state index < -0.39 is 8.32 Å². The third-order valence-electron chi connectivity index (χ3n) is 5.76. The van der Waals surface area contributed by atoms with E-state index in [-0.39, 0.29) is 10.8 Å². The maximum absolute atomic E-state index is 12.9. The van der Waals surface area contributed by atoms with Crippen LogP contribution in [0.3, 0.4) is 0 Å². The fourth-order valence-corrected chi connectivity index (χ4v) is 5.01. The lowest BCUT2D eigenvalue weighted by Gasteiger charge is -2.36. The van der Waals surface area contributed by atoms with E-state index in [0.29, 0.717) is 22.2 Å². The Morgan fingerprint density at radius 1 is 1.19 bits per heavy atom. The summed E-state index contributed by atoms with van der Waals surface area (Å²) < 4.78 is 11.5. The van der Waals surface area contributed by atoms with Gasteiger partial charge in [-0.25, -0.2) is 4.98 Å². The Balaban J connectivity index is 1.97. The number of thioether (sulfide) groups is 1. The summed E-state index contributed by atoms with van der Waals surface area (Å²) in [5.41, 5.74) is 1.85. The molecule has 2 aromatic rings. The molecule has 1 heterocycles. The number of methoxy groups -OCH3 is 1. The predicted octanol–water partition coefficient (Wildman–Crippen LogP) is 7.04. The van der Waals surface area contributed by atoms with Crippen molar-refractivity contribution in [2.24, 2.45) is 0 Å². The lowest BCUT2D eigenvalue weighted by atomic mass is 10.1. The maximum atomic E-state index is 12.9. The van der Waals surface area contributed by atoms with Crippen molar-refractivity contribution in [3.05, 3.63) is 52.2 Å². The Morgan fingerprint density at radius 3 is 2.48 bits per heavy atom. The van der Waals surface area contributed by atoms with Crippen LogP contribution in [0.15, 0.2) is 35.2 Å². The van der Waals surface area contributed by atoms with E-state index in [1.807, 2.05) is 25.1 Å². The van der Waals surface area contributed by atoms with Gasteiger partial charge in [0.05, 0.1) is 12.1 Å². The minimum Gasteiger partial charge on any atom is -0.481 e. The van der Waals surface area contributed by atoms with E-state index in [1.54, 1.807) is 31.0 Å². The Labute approximate surface area is 197 Å². The molecule has 0 aliphatic rings. The van der Waals surface area contributed by atoms with Crippen molar-refractivity contribution in [3.8, 4) is 5.88 Å². The quantitative estimate of drug-likeness (QED) is 0.158. The summed E-state index contributed by atoms with van der Waals surface area (Å²) in [5, 5.41) is 0.806. The normalized spacial score (nSPS) is 12.1. The molecule has 31 heavy (non-hydrogen) atoms. The molecule has 0 saturated heterocycles. The van der Waals surface area contributed by atoms with Crippen LogP contribution in [0.5, 0.6) is 5.88 Å². The zero-order valence-electron chi connectivity index (χ0n) is 19.7. The fourth-order valence-electron chi connectivity index (χ4n) is 2.73. The van der Waals surface area contributed by atoms with Crippen LogP contribution in [0, 0.1) is 0 Å². The van der Waals surface area contributed by atoms with Crippen LogP contribution in [0.25, 0.3) is 0 Å². The number of ether oxygens (including phenoxy) is 1. The first-order valence-electron chi connectivity index (χ1n) is 10.6. The van der Waals surface area contributed by atoms with Crippen molar-refractivity contribution in [2.45, 2.75) is 63.6 Å². The highest BCUT2D eigenvalue weighted by Crippen LogP contribution is 2.36. The largest absolute Gasteiger partial charge is 0.481 e. The molecule has 170 valence electrons. The van der Waals surface area contributed by atoms with Crippen molar-refractivity contribution < 1.29 is 14.0 Å². The van der Waals surface area contributed by atoms with Gasteiger partial charge in [-0.3, -0.25) is 4.79 Å². The topological polar surface area (TPSA) is 48.4 Å². The summed E-state index contributed by atoms with van der Waals surface area (Å²) in [4.78, 5) is 18.2. The predicted molar refractivity (Wildman–Crippen MR) is 134 cm³/mol. The summed E-state index contributed by atoms with van der Waals surface area (Å²) in [7, 11) is -0.133. The number of aryl methyl sites for hydroxylation is 1. The number of ketones is 1. The molecule has 1 aromatic heterocycles. The summed E-state index contributed by atoms with van der Waals surface area (Å²) in [6, 6.07) is 9.07.